The van der Waals surface area contributed by atoms with Gasteiger partial charge in [0.2, 0.25) is 0 Å². The number of rotatable bonds is 7. The van der Waals surface area contributed by atoms with Crippen LogP contribution in [0.4, 0.5) is 0 Å². The maximum absolute atomic E-state index is 5.45. The zero-order valence-electron chi connectivity index (χ0n) is 13.5. The molecule has 116 valence electrons. The Labute approximate surface area is 133 Å². The average molecular weight is 306 g/mol. The highest BCUT2D eigenvalue weighted by Gasteiger charge is 2.10. The molecule has 21 heavy (non-hydrogen) atoms. The maximum atomic E-state index is 5.45. The smallest absolute Gasteiger partial charge is 0.134 e. The van der Waals surface area contributed by atoms with E-state index in [2.05, 4.69) is 49.1 Å². The lowest BCUT2D eigenvalue weighted by atomic mass is 10.1. The third-order valence-electron chi connectivity index (χ3n) is 3.51. The van der Waals surface area contributed by atoms with Crippen LogP contribution in [0.2, 0.25) is 0 Å². The van der Waals surface area contributed by atoms with Crippen molar-refractivity contribution in [2.45, 2.75) is 25.9 Å². The quantitative estimate of drug-likeness (QED) is 0.786. The van der Waals surface area contributed by atoms with Gasteiger partial charge in [-0.25, -0.2) is 0 Å². The first-order chi connectivity index (χ1) is 10.1. The predicted molar refractivity (Wildman–Crippen MR) is 92.9 cm³/mol. The fourth-order valence-electron chi connectivity index (χ4n) is 2.05. The molecule has 1 aromatic carbocycles. The van der Waals surface area contributed by atoms with E-state index in [0.717, 1.165) is 17.9 Å². The lowest BCUT2D eigenvalue weighted by molar-refractivity contribution is 0.245. The molecule has 0 aliphatic rings. The summed E-state index contributed by atoms with van der Waals surface area (Å²) in [5.74, 6) is 7.97. The van der Waals surface area contributed by atoms with Crippen LogP contribution in [0.1, 0.15) is 24.5 Å². The van der Waals surface area contributed by atoms with Crippen LogP contribution in [0.5, 0.6) is 5.75 Å². The summed E-state index contributed by atoms with van der Waals surface area (Å²) in [6.45, 7) is 3.55. The molecule has 0 saturated carbocycles. The fourth-order valence-corrected chi connectivity index (χ4v) is 2.63. The minimum absolute atomic E-state index is 0.360. The molecule has 1 aromatic rings. The normalized spacial score (nSPS) is 11.9. The van der Waals surface area contributed by atoms with Gasteiger partial charge in [-0.2, -0.15) is 11.8 Å². The summed E-state index contributed by atoms with van der Waals surface area (Å²) in [6, 6.07) is 6.75. The summed E-state index contributed by atoms with van der Waals surface area (Å²) in [4.78, 5) is 2.37. The average Bonchev–Trinajstić information content (AvgIpc) is 2.50. The Morgan fingerprint density at radius 3 is 2.81 bits per heavy atom. The Hall–Kier alpha value is -1.15. The minimum atomic E-state index is 0.360. The lowest BCUT2D eigenvalue weighted by Gasteiger charge is -2.24. The molecule has 1 rings (SSSR count). The maximum Gasteiger partial charge on any atom is 0.134 e. The summed E-state index contributed by atoms with van der Waals surface area (Å²) in [5.41, 5.74) is 7.60. The molecule has 0 spiro atoms. The van der Waals surface area contributed by atoms with Crippen LogP contribution in [0.3, 0.4) is 0 Å². The van der Waals surface area contributed by atoms with Gasteiger partial charge < -0.3 is 10.5 Å². The van der Waals surface area contributed by atoms with Crippen molar-refractivity contribution in [1.29, 1.82) is 0 Å². The van der Waals surface area contributed by atoms with E-state index < -0.39 is 0 Å². The van der Waals surface area contributed by atoms with Gasteiger partial charge in [0, 0.05) is 12.6 Å². The predicted octanol–water partition coefficient (Wildman–Crippen LogP) is 2.58. The van der Waals surface area contributed by atoms with Crippen LogP contribution in [-0.4, -0.2) is 43.7 Å². The second kappa shape index (κ2) is 9.73. The first kappa shape index (κ1) is 17.9. The van der Waals surface area contributed by atoms with Crippen LogP contribution in [0.25, 0.3) is 0 Å². The second-order valence-electron chi connectivity index (χ2n) is 5.09. The van der Waals surface area contributed by atoms with Gasteiger partial charge >= 0.3 is 0 Å². The summed E-state index contributed by atoms with van der Waals surface area (Å²) >= 11 is 1.90. The number of hydrogen-bond acceptors (Lipinski definition) is 4. The van der Waals surface area contributed by atoms with E-state index >= 15 is 0 Å². The third-order valence-corrected chi connectivity index (χ3v) is 4.16. The van der Waals surface area contributed by atoms with Crippen molar-refractivity contribution < 1.29 is 4.74 Å². The van der Waals surface area contributed by atoms with Crippen LogP contribution in [-0.2, 0) is 6.54 Å². The topological polar surface area (TPSA) is 38.5 Å². The molecule has 3 nitrogen and oxygen atoms in total. The molecule has 0 saturated heterocycles. The molecular formula is C17H26N2OS. The Morgan fingerprint density at radius 1 is 1.43 bits per heavy atom. The Bertz CT molecular complexity index is 493. The zero-order chi connectivity index (χ0) is 15.7. The van der Waals surface area contributed by atoms with E-state index in [1.54, 1.807) is 7.11 Å². The van der Waals surface area contributed by atoms with Gasteiger partial charge in [0.1, 0.15) is 5.75 Å². The SMILES string of the molecule is COc1ccc(CN(C)C(C)CCSC)cc1C#CCN. The molecule has 0 radical (unpaired) electrons. The lowest BCUT2D eigenvalue weighted by Crippen LogP contribution is -2.29. The van der Waals surface area contributed by atoms with Crippen molar-refractivity contribution in [1.82, 2.24) is 4.90 Å². The summed E-state index contributed by atoms with van der Waals surface area (Å²) in [7, 11) is 3.83. The van der Waals surface area contributed by atoms with Crippen LogP contribution < -0.4 is 10.5 Å². The first-order valence-electron chi connectivity index (χ1n) is 7.17. The van der Waals surface area contributed by atoms with Crippen molar-refractivity contribution in [2.75, 3.05) is 32.7 Å². The molecule has 0 heterocycles. The van der Waals surface area contributed by atoms with Crippen molar-refractivity contribution in [3.05, 3.63) is 29.3 Å². The molecule has 4 heteroatoms. The number of hydrogen-bond donors (Lipinski definition) is 1. The molecule has 2 N–H and O–H groups in total. The number of methoxy groups -OCH3 is 1. The molecule has 0 aromatic heterocycles. The first-order valence-corrected chi connectivity index (χ1v) is 8.56. The monoisotopic (exact) mass is 306 g/mol. The summed E-state index contributed by atoms with van der Waals surface area (Å²) in [5, 5.41) is 0. The van der Waals surface area contributed by atoms with Gasteiger partial charge in [-0.05, 0) is 50.1 Å². The molecule has 0 amide bonds. The molecule has 0 fully saturated rings. The van der Waals surface area contributed by atoms with Crippen molar-refractivity contribution >= 4 is 11.8 Å². The van der Waals surface area contributed by atoms with Crippen molar-refractivity contribution in [3.8, 4) is 17.6 Å². The van der Waals surface area contributed by atoms with Gasteiger partial charge in [-0.15, -0.1) is 0 Å². The highest BCUT2D eigenvalue weighted by molar-refractivity contribution is 7.98. The Morgan fingerprint density at radius 2 is 2.19 bits per heavy atom. The molecule has 1 unspecified atom stereocenters. The van der Waals surface area contributed by atoms with E-state index in [9.17, 15) is 0 Å². The molecule has 0 aliphatic carbocycles. The standard InChI is InChI=1S/C17H26N2OS/c1-14(9-11-21-4)19(2)13-15-7-8-17(20-3)16(12-15)6-5-10-18/h7-8,12,14H,9-11,13,18H2,1-4H3. The van der Waals surface area contributed by atoms with Crippen LogP contribution >= 0.6 is 11.8 Å². The Balaban J connectivity index is 2.79. The summed E-state index contributed by atoms with van der Waals surface area (Å²) in [6.07, 6.45) is 3.35. The van der Waals surface area contributed by atoms with Gasteiger partial charge in [0.05, 0.1) is 19.2 Å². The summed E-state index contributed by atoms with van der Waals surface area (Å²) < 4.78 is 5.34. The highest BCUT2D eigenvalue weighted by Crippen LogP contribution is 2.20. The zero-order valence-corrected chi connectivity index (χ0v) is 14.3. The number of thioether (sulfide) groups is 1. The van der Waals surface area contributed by atoms with E-state index in [1.165, 1.54) is 17.7 Å². The van der Waals surface area contributed by atoms with Gasteiger partial charge in [0.25, 0.3) is 0 Å². The second-order valence-corrected chi connectivity index (χ2v) is 6.07. The number of benzene rings is 1. The molecule has 1 atom stereocenters. The van der Waals surface area contributed by atoms with E-state index in [0.29, 0.717) is 12.6 Å². The highest BCUT2D eigenvalue weighted by atomic mass is 32.2. The van der Waals surface area contributed by atoms with Gasteiger partial charge in [-0.1, -0.05) is 17.9 Å². The number of ether oxygens (including phenoxy) is 1. The van der Waals surface area contributed by atoms with Crippen molar-refractivity contribution in [3.63, 3.8) is 0 Å². The van der Waals surface area contributed by atoms with Gasteiger partial charge in [-0.3, -0.25) is 4.90 Å². The van der Waals surface area contributed by atoms with Crippen LogP contribution in [0.15, 0.2) is 18.2 Å². The van der Waals surface area contributed by atoms with Crippen molar-refractivity contribution in [2.24, 2.45) is 5.73 Å². The molecular weight excluding hydrogens is 280 g/mol. The number of nitrogens with zero attached hydrogens (tertiary/aromatic N) is 1. The largest absolute Gasteiger partial charge is 0.495 e. The van der Waals surface area contributed by atoms with E-state index in [-0.39, 0.29) is 0 Å². The molecule has 0 aliphatic heterocycles. The fraction of sp³-hybridized carbons (Fsp3) is 0.529. The third kappa shape index (κ3) is 6.01. The van der Waals surface area contributed by atoms with Gasteiger partial charge in [0.15, 0.2) is 0 Å². The van der Waals surface area contributed by atoms with E-state index in [1.807, 2.05) is 17.8 Å². The molecule has 0 bridgehead atoms. The Kier molecular flexibility index (Phi) is 8.29. The minimum Gasteiger partial charge on any atom is -0.495 e. The van der Waals surface area contributed by atoms with Crippen LogP contribution in [0, 0.1) is 11.8 Å². The number of nitrogens with two attached hydrogens (primary N) is 1. The van der Waals surface area contributed by atoms with E-state index in [4.69, 9.17) is 10.5 Å².